The summed E-state index contributed by atoms with van der Waals surface area (Å²) in [6, 6.07) is 16.9. The summed E-state index contributed by atoms with van der Waals surface area (Å²) in [6.07, 6.45) is 3.72. The highest BCUT2D eigenvalue weighted by Crippen LogP contribution is 2.36. The van der Waals surface area contributed by atoms with Crippen molar-refractivity contribution in [2.24, 2.45) is 0 Å². The highest BCUT2D eigenvalue weighted by Gasteiger charge is 2.31. The van der Waals surface area contributed by atoms with Gasteiger partial charge in [0.1, 0.15) is 24.3 Å². The van der Waals surface area contributed by atoms with Crippen LogP contribution in [-0.4, -0.2) is 20.0 Å². The molecule has 1 atom stereocenters. The molecule has 0 N–H and O–H groups in total. The summed E-state index contributed by atoms with van der Waals surface area (Å²) in [5.74, 6) is 0.723. The van der Waals surface area contributed by atoms with Gasteiger partial charge in [0.15, 0.2) is 0 Å². The first-order chi connectivity index (χ1) is 18.5. The molecule has 0 radical (unpaired) electrons. The van der Waals surface area contributed by atoms with Crippen molar-refractivity contribution in [1.82, 2.24) is 20.0 Å². The van der Waals surface area contributed by atoms with E-state index in [9.17, 15) is 13.2 Å². The van der Waals surface area contributed by atoms with Crippen LogP contribution in [0.2, 0.25) is 0 Å². The van der Waals surface area contributed by atoms with E-state index in [1.807, 2.05) is 40.5 Å². The first kappa shape index (κ1) is 25.7. The molecule has 0 saturated carbocycles. The fraction of sp³-hybridized carbons (Fsp3) is 0.250. The van der Waals surface area contributed by atoms with Crippen LogP contribution in [0.15, 0.2) is 89.1 Å². The van der Waals surface area contributed by atoms with Crippen molar-refractivity contribution in [3.8, 4) is 5.75 Å². The van der Waals surface area contributed by atoms with E-state index in [0.29, 0.717) is 17.1 Å². The summed E-state index contributed by atoms with van der Waals surface area (Å²) in [4.78, 5) is 5.53. The molecular formula is C28H25F3N4O2S. The van der Waals surface area contributed by atoms with Crippen LogP contribution < -0.4 is 4.74 Å². The predicted molar refractivity (Wildman–Crippen MR) is 137 cm³/mol. The van der Waals surface area contributed by atoms with Crippen LogP contribution in [0.3, 0.4) is 0 Å². The minimum atomic E-state index is -4.39. The number of halogens is 3. The van der Waals surface area contributed by atoms with Crippen molar-refractivity contribution in [3.05, 3.63) is 118 Å². The summed E-state index contributed by atoms with van der Waals surface area (Å²) in [5.41, 5.74) is 1.82. The number of alkyl halides is 3. The number of aromatic nitrogens is 4. The summed E-state index contributed by atoms with van der Waals surface area (Å²) in [6.45, 7) is 1.07. The third kappa shape index (κ3) is 6.49. The topological polar surface area (TPSA) is 66.0 Å². The quantitative estimate of drug-likeness (QED) is 0.167. The highest BCUT2D eigenvalue weighted by atomic mass is 32.1. The van der Waals surface area contributed by atoms with Crippen LogP contribution in [0.5, 0.6) is 5.75 Å². The zero-order valence-corrected chi connectivity index (χ0v) is 21.2. The van der Waals surface area contributed by atoms with E-state index < -0.39 is 17.7 Å². The number of hydrogen-bond donors (Lipinski definition) is 0. The molecule has 10 heteroatoms. The number of thiophene rings is 1. The SMILES string of the molecule is FC(F)(F)c1ccc(C(c2nc(COc3ccc(CCCCn4ccnn4)cc3)co2)c2cccs2)cc1. The normalized spacial score (nSPS) is 12.5. The Labute approximate surface area is 221 Å². The molecule has 2 aromatic carbocycles. The van der Waals surface area contributed by atoms with E-state index in [1.165, 1.54) is 35.3 Å². The average molecular weight is 539 g/mol. The number of unbranched alkanes of at least 4 members (excludes halogenated alkanes) is 1. The number of benzene rings is 2. The highest BCUT2D eigenvalue weighted by molar-refractivity contribution is 7.10. The molecule has 0 bridgehead atoms. The molecule has 196 valence electrons. The second-order valence-corrected chi connectivity index (χ2v) is 9.78. The van der Waals surface area contributed by atoms with E-state index in [4.69, 9.17) is 9.15 Å². The number of rotatable bonds is 11. The molecular weight excluding hydrogens is 513 g/mol. The maximum atomic E-state index is 13.0. The smallest absolute Gasteiger partial charge is 0.416 e. The fourth-order valence-electron chi connectivity index (χ4n) is 4.13. The summed E-state index contributed by atoms with van der Waals surface area (Å²) < 4.78 is 52.6. The Morgan fingerprint density at radius 2 is 1.82 bits per heavy atom. The van der Waals surface area contributed by atoms with Gasteiger partial charge in [0, 0.05) is 17.6 Å². The Morgan fingerprint density at radius 3 is 2.50 bits per heavy atom. The molecule has 6 nitrogen and oxygen atoms in total. The van der Waals surface area contributed by atoms with E-state index >= 15 is 0 Å². The van der Waals surface area contributed by atoms with E-state index in [2.05, 4.69) is 27.4 Å². The first-order valence-corrected chi connectivity index (χ1v) is 13.0. The van der Waals surface area contributed by atoms with Gasteiger partial charge in [0.2, 0.25) is 5.89 Å². The lowest BCUT2D eigenvalue weighted by Gasteiger charge is -2.14. The van der Waals surface area contributed by atoms with Crippen LogP contribution in [0, 0.1) is 0 Å². The minimum Gasteiger partial charge on any atom is -0.487 e. The molecule has 3 aromatic heterocycles. The Balaban J connectivity index is 1.19. The lowest BCUT2D eigenvalue weighted by Crippen LogP contribution is -2.07. The number of hydrogen-bond acceptors (Lipinski definition) is 6. The Bertz CT molecular complexity index is 1400. The molecule has 5 aromatic rings. The van der Waals surface area contributed by atoms with Crippen molar-refractivity contribution in [2.75, 3.05) is 0 Å². The van der Waals surface area contributed by atoms with Gasteiger partial charge in [-0.1, -0.05) is 35.5 Å². The van der Waals surface area contributed by atoms with Gasteiger partial charge >= 0.3 is 6.18 Å². The number of aryl methyl sites for hydroxylation is 2. The molecule has 0 fully saturated rings. The first-order valence-electron chi connectivity index (χ1n) is 12.2. The molecule has 0 spiro atoms. The van der Waals surface area contributed by atoms with Crippen LogP contribution >= 0.6 is 11.3 Å². The summed E-state index contributed by atoms with van der Waals surface area (Å²) >= 11 is 1.50. The number of ether oxygens (including phenoxy) is 1. The summed E-state index contributed by atoms with van der Waals surface area (Å²) in [5, 5.41) is 9.69. The molecule has 0 saturated heterocycles. The second kappa shape index (κ2) is 11.6. The van der Waals surface area contributed by atoms with Crippen molar-refractivity contribution >= 4 is 11.3 Å². The van der Waals surface area contributed by atoms with Gasteiger partial charge in [-0.15, -0.1) is 16.4 Å². The standard InChI is InChI=1S/C28H25F3N4O2S/c29-28(30,31)22-10-8-21(9-11-22)26(25-5-3-17-38-25)27-33-23(19-37-27)18-36-24-12-6-20(7-13-24)4-1-2-15-35-16-14-32-34-35/h3,5-14,16-17,19,26H,1-2,4,15,18H2. The zero-order chi connectivity index (χ0) is 26.4. The van der Waals surface area contributed by atoms with Crippen LogP contribution in [0.4, 0.5) is 13.2 Å². The molecule has 5 rings (SSSR count). The Morgan fingerprint density at radius 1 is 1.00 bits per heavy atom. The van der Waals surface area contributed by atoms with E-state index in [1.54, 1.807) is 6.20 Å². The second-order valence-electron chi connectivity index (χ2n) is 8.80. The number of oxazole rings is 1. The predicted octanol–water partition coefficient (Wildman–Crippen LogP) is 7.13. The van der Waals surface area contributed by atoms with Gasteiger partial charge in [-0.2, -0.15) is 13.2 Å². The van der Waals surface area contributed by atoms with Crippen molar-refractivity contribution < 1.29 is 22.3 Å². The molecule has 3 heterocycles. The van der Waals surface area contributed by atoms with Gasteiger partial charge in [0.25, 0.3) is 0 Å². The maximum Gasteiger partial charge on any atom is 0.416 e. The van der Waals surface area contributed by atoms with Gasteiger partial charge in [-0.05, 0) is 66.1 Å². The molecule has 1 unspecified atom stereocenters. The van der Waals surface area contributed by atoms with Crippen LogP contribution in [-0.2, 0) is 25.7 Å². The Kier molecular flexibility index (Phi) is 7.88. The maximum absolute atomic E-state index is 13.0. The minimum absolute atomic E-state index is 0.213. The van der Waals surface area contributed by atoms with Crippen molar-refractivity contribution in [2.45, 2.75) is 44.5 Å². The Hall–Kier alpha value is -3.92. The average Bonchev–Trinajstić information content (AvgIpc) is 3.70. The fourth-order valence-corrected chi connectivity index (χ4v) is 4.98. The third-order valence-electron chi connectivity index (χ3n) is 6.10. The van der Waals surface area contributed by atoms with Gasteiger partial charge in [0.05, 0.1) is 17.7 Å². The van der Waals surface area contributed by atoms with E-state index in [-0.39, 0.29) is 6.61 Å². The molecule has 0 aliphatic heterocycles. The third-order valence-corrected chi connectivity index (χ3v) is 7.04. The zero-order valence-electron chi connectivity index (χ0n) is 20.3. The lowest BCUT2D eigenvalue weighted by molar-refractivity contribution is -0.137. The molecule has 38 heavy (non-hydrogen) atoms. The van der Waals surface area contributed by atoms with Crippen LogP contribution in [0.25, 0.3) is 0 Å². The lowest BCUT2D eigenvalue weighted by atomic mass is 9.96. The largest absolute Gasteiger partial charge is 0.487 e. The monoisotopic (exact) mass is 538 g/mol. The summed E-state index contributed by atoms with van der Waals surface area (Å²) in [7, 11) is 0. The molecule has 0 aliphatic carbocycles. The van der Waals surface area contributed by atoms with Crippen molar-refractivity contribution in [1.29, 1.82) is 0 Å². The van der Waals surface area contributed by atoms with Crippen LogP contribution in [0.1, 0.15) is 51.9 Å². The van der Waals surface area contributed by atoms with Gasteiger partial charge < -0.3 is 9.15 Å². The number of nitrogens with zero attached hydrogens (tertiary/aromatic N) is 4. The van der Waals surface area contributed by atoms with Crippen molar-refractivity contribution in [3.63, 3.8) is 0 Å². The molecule has 0 amide bonds. The van der Waals surface area contributed by atoms with E-state index in [0.717, 1.165) is 48.6 Å². The van der Waals surface area contributed by atoms with Gasteiger partial charge in [-0.25, -0.2) is 4.98 Å². The molecule has 0 aliphatic rings. The van der Waals surface area contributed by atoms with Gasteiger partial charge in [-0.3, -0.25) is 4.68 Å².